The molecule has 0 radical (unpaired) electrons. The molecule has 0 atom stereocenters. The van der Waals surface area contributed by atoms with Crippen LogP contribution in [-0.4, -0.2) is 28.7 Å². The number of pyridine rings is 1. The zero-order valence-corrected chi connectivity index (χ0v) is 15.0. The van der Waals surface area contributed by atoms with Crippen LogP contribution in [0.2, 0.25) is 0 Å². The van der Waals surface area contributed by atoms with Gasteiger partial charge in [-0.2, -0.15) is 13.2 Å². The van der Waals surface area contributed by atoms with Gasteiger partial charge in [0, 0.05) is 11.5 Å². The summed E-state index contributed by atoms with van der Waals surface area (Å²) in [6.07, 6.45) is -3.19. The number of amides is 1. The lowest BCUT2D eigenvalue weighted by molar-refractivity contribution is -0.154. The van der Waals surface area contributed by atoms with Crippen LogP contribution in [0.4, 0.5) is 18.9 Å². The molecule has 0 bridgehead atoms. The van der Waals surface area contributed by atoms with Crippen LogP contribution in [0.15, 0.2) is 18.3 Å². The van der Waals surface area contributed by atoms with Crippen LogP contribution < -0.4 is 10.1 Å². The van der Waals surface area contributed by atoms with Crippen LogP contribution in [0.5, 0.6) is 5.88 Å². The number of aryl methyl sites for hydroxylation is 1. The molecule has 5 nitrogen and oxygen atoms in total. The monoisotopic (exact) mass is 373 g/mol. The quantitative estimate of drug-likeness (QED) is 0.866. The third-order valence-corrected chi connectivity index (χ3v) is 4.60. The predicted molar refractivity (Wildman–Crippen MR) is 89.3 cm³/mol. The molecule has 136 valence electrons. The second-order valence-corrected chi connectivity index (χ2v) is 7.43. The number of ether oxygens (including phenoxy) is 1. The number of hydrogen-bond acceptors (Lipinski definition) is 5. The van der Waals surface area contributed by atoms with Gasteiger partial charge < -0.3 is 10.1 Å². The summed E-state index contributed by atoms with van der Waals surface area (Å²) in [5.41, 5.74) is 0.826. The van der Waals surface area contributed by atoms with Crippen molar-refractivity contribution in [1.82, 2.24) is 9.97 Å². The van der Waals surface area contributed by atoms with Crippen molar-refractivity contribution in [3.05, 3.63) is 33.9 Å². The summed E-state index contributed by atoms with van der Waals surface area (Å²) in [7, 11) is 0. The number of thiazole rings is 1. The number of carbonyl (C=O) groups excluding carboxylic acids is 1. The lowest BCUT2D eigenvalue weighted by atomic mass is 9.98. The van der Waals surface area contributed by atoms with E-state index in [-0.39, 0.29) is 17.2 Å². The van der Waals surface area contributed by atoms with E-state index in [1.807, 2.05) is 20.8 Å². The lowest BCUT2D eigenvalue weighted by Gasteiger charge is -2.13. The second-order valence-electron chi connectivity index (χ2n) is 6.43. The van der Waals surface area contributed by atoms with Gasteiger partial charge in [-0.1, -0.05) is 20.8 Å². The van der Waals surface area contributed by atoms with Crippen LogP contribution in [0.25, 0.3) is 0 Å². The molecule has 1 N–H and O–H groups in total. The van der Waals surface area contributed by atoms with E-state index >= 15 is 0 Å². The maximum atomic E-state index is 12.4. The highest BCUT2D eigenvalue weighted by atomic mass is 32.1. The SMILES string of the molecule is Cc1nc(C(C)(C)C)sc1C(=O)Nc1ccc(OCC(F)(F)F)nc1. The van der Waals surface area contributed by atoms with Gasteiger partial charge in [-0.15, -0.1) is 11.3 Å². The van der Waals surface area contributed by atoms with Crippen LogP contribution in [0.3, 0.4) is 0 Å². The first-order valence-electron chi connectivity index (χ1n) is 7.40. The van der Waals surface area contributed by atoms with Crippen molar-refractivity contribution in [3.8, 4) is 5.88 Å². The minimum Gasteiger partial charge on any atom is -0.468 e. The molecule has 2 aromatic heterocycles. The Bertz CT molecular complexity index is 749. The number of nitrogens with zero attached hydrogens (tertiary/aromatic N) is 2. The van der Waals surface area contributed by atoms with Crippen molar-refractivity contribution in [2.24, 2.45) is 0 Å². The lowest BCUT2D eigenvalue weighted by Crippen LogP contribution is -2.19. The Morgan fingerprint density at radius 1 is 1.28 bits per heavy atom. The van der Waals surface area contributed by atoms with Crippen molar-refractivity contribution in [2.75, 3.05) is 11.9 Å². The Kier molecular flexibility index (Phi) is 5.36. The zero-order chi connectivity index (χ0) is 18.8. The molecule has 0 aliphatic rings. The van der Waals surface area contributed by atoms with E-state index in [0.29, 0.717) is 16.3 Å². The number of carbonyl (C=O) groups is 1. The van der Waals surface area contributed by atoms with Crippen molar-refractivity contribution < 1.29 is 22.7 Å². The largest absolute Gasteiger partial charge is 0.468 e. The van der Waals surface area contributed by atoms with Gasteiger partial charge in [0.15, 0.2) is 6.61 Å². The van der Waals surface area contributed by atoms with Crippen LogP contribution in [0, 0.1) is 6.92 Å². The maximum absolute atomic E-state index is 12.4. The number of aromatic nitrogens is 2. The van der Waals surface area contributed by atoms with Gasteiger partial charge in [0.25, 0.3) is 5.91 Å². The van der Waals surface area contributed by atoms with E-state index in [1.54, 1.807) is 6.92 Å². The fourth-order valence-electron chi connectivity index (χ4n) is 1.81. The highest BCUT2D eigenvalue weighted by Gasteiger charge is 2.28. The smallest absolute Gasteiger partial charge is 0.422 e. The summed E-state index contributed by atoms with van der Waals surface area (Å²) >= 11 is 1.31. The number of rotatable bonds is 4. The third-order valence-electron chi connectivity index (χ3n) is 3.02. The van der Waals surface area contributed by atoms with Crippen molar-refractivity contribution in [2.45, 2.75) is 39.3 Å². The third kappa shape index (κ3) is 5.42. The first-order valence-corrected chi connectivity index (χ1v) is 8.22. The molecule has 0 fully saturated rings. The van der Waals surface area contributed by atoms with Gasteiger partial charge in [0.1, 0.15) is 4.88 Å². The van der Waals surface area contributed by atoms with E-state index in [9.17, 15) is 18.0 Å². The summed E-state index contributed by atoms with van der Waals surface area (Å²) in [6.45, 7) is 6.37. The minimum atomic E-state index is -4.43. The van der Waals surface area contributed by atoms with E-state index in [2.05, 4.69) is 20.0 Å². The molecule has 0 aliphatic heterocycles. The Morgan fingerprint density at radius 2 is 1.96 bits per heavy atom. The van der Waals surface area contributed by atoms with Gasteiger partial charge in [-0.05, 0) is 13.0 Å². The average Bonchev–Trinajstić information content (AvgIpc) is 2.88. The molecule has 1 amide bonds. The molecule has 2 aromatic rings. The summed E-state index contributed by atoms with van der Waals surface area (Å²) < 4.78 is 40.8. The van der Waals surface area contributed by atoms with Crippen molar-refractivity contribution in [1.29, 1.82) is 0 Å². The molecule has 0 saturated carbocycles. The number of hydrogen-bond donors (Lipinski definition) is 1. The molecule has 2 rings (SSSR count). The summed E-state index contributed by atoms with van der Waals surface area (Å²) in [5.74, 6) is -0.504. The van der Waals surface area contributed by atoms with Crippen LogP contribution in [-0.2, 0) is 5.41 Å². The van der Waals surface area contributed by atoms with Gasteiger partial charge >= 0.3 is 6.18 Å². The Morgan fingerprint density at radius 3 is 2.44 bits per heavy atom. The maximum Gasteiger partial charge on any atom is 0.422 e. The molecule has 0 saturated heterocycles. The van der Waals surface area contributed by atoms with E-state index < -0.39 is 12.8 Å². The molecule has 0 aromatic carbocycles. The van der Waals surface area contributed by atoms with Crippen LogP contribution >= 0.6 is 11.3 Å². The minimum absolute atomic E-state index is 0.160. The summed E-state index contributed by atoms with van der Waals surface area (Å²) in [4.78, 5) is 21.0. The van der Waals surface area contributed by atoms with E-state index in [1.165, 1.54) is 29.7 Å². The number of alkyl halides is 3. The number of halogens is 3. The highest BCUT2D eigenvalue weighted by Crippen LogP contribution is 2.29. The number of anilines is 1. The normalized spacial score (nSPS) is 12.1. The Balaban J connectivity index is 2.05. The second kappa shape index (κ2) is 6.99. The molecular formula is C16H18F3N3O2S. The molecule has 25 heavy (non-hydrogen) atoms. The molecule has 9 heteroatoms. The molecule has 2 heterocycles. The van der Waals surface area contributed by atoms with Gasteiger partial charge in [0.2, 0.25) is 5.88 Å². The van der Waals surface area contributed by atoms with Crippen LogP contribution in [0.1, 0.15) is 41.1 Å². The fraction of sp³-hybridized carbons (Fsp3) is 0.438. The fourth-order valence-corrected chi connectivity index (χ4v) is 2.83. The van der Waals surface area contributed by atoms with Gasteiger partial charge in [-0.3, -0.25) is 4.79 Å². The standard InChI is InChI=1S/C16H18F3N3O2S/c1-9-12(25-14(21-9)15(2,3)4)13(23)22-10-5-6-11(20-7-10)24-8-16(17,18)19/h5-7H,8H2,1-4H3,(H,22,23). The van der Waals surface area contributed by atoms with E-state index in [0.717, 1.165) is 5.01 Å². The van der Waals surface area contributed by atoms with E-state index in [4.69, 9.17) is 0 Å². The molecule has 0 aliphatic carbocycles. The van der Waals surface area contributed by atoms with Gasteiger partial charge in [0.05, 0.1) is 22.6 Å². The topological polar surface area (TPSA) is 64.1 Å². The first kappa shape index (κ1) is 19.2. The summed E-state index contributed by atoms with van der Waals surface area (Å²) in [5, 5.41) is 3.51. The molecule has 0 unspecified atom stereocenters. The summed E-state index contributed by atoms with van der Waals surface area (Å²) in [6, 6.07) is 2.69. The number of nitrogens with one attached hydrogen (secondary N) is 1. The zero-order valence-electron chi connectivity index (χ0n) is 14.2. The van der Waals surface area contributed by atoms with Crippen molar-refractivity contribution in [3.63, 3.8) is 0 Å². The Hall–Kier alpha value is -2.16. The average molecular weight is 373 g/mol. The van der Waals surface area contributed by atoms with Crippen molar-refractivity contribution >= 4 is 22.9 Å². The molecule has 0 spiro atoms. The highest BCUT2D eigenvalue weighted by molar-refractivity contribution is 7.14. The Labute approximate surface area is 147 Å². The molecular weight excluding hydrogens is 355 g/mol. The predicted octanol–water partition coefficient (Wildman–Crippen LogP) is 4.34. The van der Waals surface area contributed by atoms with Gasteiger partial charge in [-0.25, -0.2) is 9.97 Å². The first-order chi connectivity index (χ1) is 11.5.